The quantitative estimate of drug-likeness (QED) is 0.721. The highest BCUT2D eigenvalue weighted by Gasteiger charge is 2.24. The fourth-order valence-electron chi connectivity index (χ4n) is 3.93. The number of fused-ring (bicyclic) bond motifs is 1. The number of amides is 1. The largest absolute Gasteiger partial charge is 0.497 e. The predicted octanol–water partition coefficient (Wildman–Crippen LogP) is 3.45. The molecule has 0 saturated carbocycles. The van der Waals surface area contributed by atoms with Crippen molar-refractivity contribution in [2.75, 3.05) is 40.4 Å². The monoisotopic (exact) mass is 393 g/mol. The van der Waals surface area contributed by atoms with E-state index in [0.29, 0.717) is 17.2 Å². The van der Waals surface area contributed by atoms with Crippen LogP contribution in [0.1, 0.15) is 21.6 Å². The summed E-state index contributed by atoms with van der Waals surface area (Å²) in [7, 11) is 3.24. The molecule has 0 bridgehead atoms. The highest BCUT2D eigenvalue weighted by molar-refractivity contribution is 6.00. The lowest BCUT2D eigenvalue weighted by Crippen LogP contribution is -2.48. The third-order valence-corrected chi connectivity index (χ3v) is 5.50. The number of piperazine rings is 1. The number of hydrogen-bond donors (Lipinski definition) is 1. The molecule has 3 aromatic rings. The van der Waals surface area contributed by atoms with E-state index >= 15 is 0 Å². The third kappa shape index (κ3) is 4.07. The third-order valence-electron chi connectivity index (χ3n) is 5.50. The minimum atomic E-state index is 0.0254. The molecule has 4 rings (SSSR count). The standard InChI is InChI=1S/C23H27N3O3/c1-16-5-4-6-17(11-16)15-25-7-9-26(10-8-25)23(27)20-13-18-12-19(28-2)14-21(29-3)22(18)24-20/h4-6,11-14,24H,7-10,15H2,1-3H3. The Morgan fingerprint density at radius 1 is 1.03 bits per heavy atom. The van der Waals surface area contributed by atoms with Gasteiger partial charge < -0.3 is 19.4 Å². The van der Waals surface area contributed by atoms with Crippen LogP contribution in [0.2, 0.25) is 0 Å². The van der Waals surface area contributed by atoms with Gasteiger partial charge in [-0.05, 0) is 24.6 Å². The molecule has 29 heavy (non-hydrogen) atoms. The second-order valence-corrected chi connectivity index (χ2v) is 7.53. The lowest BCUT2D eigenvalue weighted by Gasteiger charge is -2.34. The van der Waals surface area contributed by atoms with Crippen molar-refractivity contribution in [1.29, 1.82) is 0 Å². The van der Waals surface area contributed by atoms with Crippen LogP contribution < -0.4 is 9.47 Å². The lowest BCUT2D eigenvalue weighted by molar-refractivity contribution is 0.0623. The van der Waals surface area contributed by atoms with Crippen LogP contribution >= 0.6 is 0 Å². The summed E-state index contributed by atoms with van der Waals surface area (Å²) in [5, 5.41) is 0.905. The van der Waals surface area contributed by atoms with Crippen LogP contribution in [0.3, 0.4) is 0 Å². The minimum Gasteiger partial charge on any atom is -0.497 e. The van der Waals surface area contributed by atoms with Crippen molar-refractivity contribution in [3.05, 3.63) is 59.3 Å². The van der Waals surface area contributed by atoms with Crippen molar-refractivity contribution in [1.82, 2.24) is 14.8 Å². The molecule has 0 unspecified atom stereocenters. The molecule has 1 aliphatic heterocycles. The first-order valence-corrected chi connectivity index (χ1v) is 9.89. The van der Waals surface area contributed by atoms with Gasteiger partial charge in [-0.15, -0.1) is 0 Å². The first kappa shape index (κ1) is 19.3. The zero-order valence-electron chi connectivity index (χ0n) is 17.2. The molecule has 6 heteroatoms. The zero-order chi connectivity index (χ0) is 20.4. The maximum atomic E-state index is 13.0. The van der Waals surface area contributed by atoms with Crippen molar-refractivity contribution < 1.29 is 14.3 Å². The van der Waals surface area contributed by atoms with Crippen molar-refractivity contribution in [3.63, 3.8) is 0 Å². The Kier molecular flexibility index (Phi) is 5.45. The first-order valence-electron chi connectivity index (χ1n) is 9.89. The van der Waals surface area contributed by atoms with Crippen molar-refractivity contribution in [3.8, 4) is 11.5 Å². The molecule has 1 fully saturated rings. The van der Waals surface area contributed by atoms with Crippen molar-refractivity contribution in [2.24, 2.45) is 0 Å². The summed E-state index contributed by atoms with van der Waals surface area (Å²) in [5.41, 5.74) is 4.00. The number of rotatable bonds is 5. The number of carbonyl (C=O) groups excluding carboxylic acids is 1. The molecule has 1 aromatic heterocycles. The van der Waals surface area contributed by atoms with Gasteiger partial charge in [-0.25, -0.2) is 0 Å². The Morgan fingerprint density at radius 2 is 1.83 bits per heavy atom. The Morgan fingerprint density at radius 3 is 2.52 bits per heavy atom. The van der Waals surface area contributed by atoms with Gasteiger partial charge >= 0.3 is 0 Å². The van der Waals surface area contributed by atoms with E-state index in [-0.39, 0.29) is 5.91 Å². The van der Waals surface area contributed by atoms with Crippen LogP contribution in [0.4, 0.5) is 0 Å². The topological polar surface area (TPSA) is 57.8 Å². The summed E-state index contributed by atoms with van der Waals surface area (Å²) in [6.45, 7) is 6.23. The SMILES string of the molecule is COc1cc(OC)c2[nH]c(C(=O)N3CCN(Cc4cccc(C)c4)CC3)cc2c1. The van der Waals surface area contributed by atoms with Crippen LogP contribution in [-0.2, 0) is 6.54 Å². The average molecular weight is 393 g/mol. The zero-order valence-corrected chi connectivity index (χ0v) is 17.2. The fourth-order valence-corrected chi connectivity index (χ4v) is 3.93. The van der Waals surface area contributed by atoms with E-state index in [1.807, 2.05) is 23.1 Å². The number of H-pyrrole nitrogens is 1. The number of aryl methyl sites for hydroxylation is 1. The second kappa shape index (κ2) is 8.17. The minimum absolute atomic E-state index is 0.0254. The molecular weight excluding hydrogens is 366 g/mol. The number of nitrogens with zero attached hydrogens (tertiary/aromatic N) is 2. The van der Waals surface area contributed by atoms with E-state index < -0.39 is 0 Å². The van der Waals surface area contributed by atoms with E-state index in [4.69, 9.17) is 9.47 Å². The van der Waals surface area contributed by atoms with Gasteiger partial charge in [0.05, 0.1) is 19.7 Å². The summed E-state index contributed by atoms with van der Waals surface area (Å²) in [5.74, 6) is 1.40. The van der Waals surface area contributed by atoms with Gasteiger partial charge in [0, 0.05) is 44.2 Å². The molecular formula is C23H27N3O3. The maximum Gasteiger partial charge on any atom is 0.270 e. The second-order valence-electron chi connectivity index (χ2n) is 7.53. The highest BCUT2D eigenvalue weighted by atomic mass is 16.5. The molecule has 152 valence electrons. The Hall–Kier alpha value is -2.99. The molecule has 1 amide bonds. The summed E-state index contributed by atoms with van der Waals surface area (Å²) < 4.78 is 10.8. The summed E-state index contributed by atoms with van der Waals surface area (Å²) in [6.07, 6.45) is 0. The van der Waals surface area contributed by atoms with Crippen LogP contribution in [0.5, 0.6) is 11.5 Å². The Balaban J connectivity index is 1.44. The molecule has 0 radical (unpaired) electrons. The maximum absolute atomic E-state index is 13.0. The molecule has 2 heterocycles. The fraction of sp³-hybridized carbons (Fsp3) is 0.348. The molecule has 1 N–H and O–H groups in total. The van der Waals surface area contributed by atoms with Crippen LogP contribution in [0.25, 0.3) is 10.9 Å². The number of nitrogens with one attached hydrogen (secondary N) is 1. The summed E-state index contributed by atoms with van der Waals surface area (Å²) in [4.78, 5) is 20.6. The average Bonchev–Trinajstić information content (AvgIpc) is 3.17. The van der Waals surface area contributed by atoms with E-state index in [0.717, 1.165) is 43.6 Å². The molecule has 0 aliphatic carbocycles. The predicted molar refractivity (Wildman–Crippen MR) is 114 cm³/mol. The normalized spacial score (nSPS) is 14.9. The van der Waals surface area contributed by atoms with Gasteiger partial charge in [-0.1, -0.05) is 29.8 Å². The highest BCUT2D eigenvalue weighted by Crippen LogP contribution is 2.31. The van der Waals surface area contributed by atoms with E-state index in [2.05, 4.69) is 41.1 Å². The number of hydrogen-bond acceptors (Lipinski definition) is 4. The lowest BCUT2D eigenvalue weighted by atomic mass is 10.1. The van der Waals surface area contributed by atoms with Gasteiger partial charge in [0.2, 0.25) is 0 Å². The van der Waals surface area contributed by atoms with Gasteiger partial charge in [0.25, 0.3) is 5.91 Å². The number of benzene rings is 2. The number of ether oxygens (including phenoxy) is 2. The molecule has 1 saturated heterocycles. The van der Waals surface area contributed by atoms with Crippen LogP contribution in [-0.4, -0.2) is 61.1 Å². The van der Waals surface area contributed by atoms with E-state index in [1.165, 1.54) is 11.1 Å². The molecule has 6 nitrogen and oxygen atoms in total. The van der Waals surface area contributed by atoms with E-state index in [1.54, 1.807) is 14.2 Å². The smallest absolute Gasteiger partial charge is 0.270 e. The Bertz CT molecular complexity index is 1020. The number of methoxy groups -OCH3 is 2. The summed E-state index contributed by atoms with van der Waals surface area (Å²) in [6, 6.07) is 14.2. The van der Waals surface area contributed by atoms with Gasteiger partial charge in [0.1, 0.15) is 17.2 Å². The van der Waals surface area contributed by atoms with Crippen LogP contribution in [0.15, 0.2) is 42.5 Å². The first-order chi connectivity index (χ1) is 14.1. The van der Waals surface area contributed by atoms with E-state index in [9.17, 15) is 4.79 Å². The molecule has 2 aromatic carbocycles. The van der Waals surface area contributed by atoms with Crippen molar-refractivity contribution in [2.45, 2.75) is 13.5 Å². The van der Waals surface area contributed by atoms with Gasteiger partial charge in [-0.2, -0.15) is 0 Å². The van der Waals surface area contributed by atoms with Gasteiger partial charge in [0.15, 0.2) is 0 Å². The molecule has 0 atom stereocenters. The van der Waals surface area contributed by atoms with Crippen molar-refractivity contribution >= 4 is 16.8 Å². The van der Waals surface area contributed by atoms with Gasteiger partial charge in [-0.3, -0.25) is 9.69 Å². The number of aromatic nitrogens is 1. The Labute approximate surface area is 171 Å². The summed E-state index contributed by atoms with van der Waals surface area (Å²) >= 11 is 0. The number of carbonyl (C=O) groups is 1. The molecule has 0 spiro atoms. The number of aromatic amines is 1. The van der Waals surface area contributed by atoms with Crippen LogP contribution in [0, 0.1) is 6.92 Å². The molecule has 1 aliphatic rings.